The van der Waals surface area contributed by atoms with E-state index >= 15 is 0 Å². The van der Waals surface area contributed by atoms with Crippen molar-refractivity contribution in [2.75, 3.05) is 11.0 Å². The number of rotatable bonds is 8. The molecule has 2 aliphatic heterocycles. The average molecular weight is 452 g/mol. The topological polar surface area (TPSA) is 99.1 Å². The maximum Gasteiger partial charge on any atom is 0.229 e. The van der Waals surface area contributed by atoms with Crippen LogP contribution in [0.1, 0.15) is 37.7 Å². The molecule has 1 saturated carbocycles. The van der Waals surface area contributed by atoms with E-state index < -0.39 is 10.0 Å². The Kier molecular flexibility index (Phi) is 6.63. The lowest BCUT2D eigenvalue weighted by molar-refractivity contribution is -0.125. The second-order valence-corrected chi connectivity index (χ2v) is 10.9. The van der Waals surface area contributed by atoms with Gasteiger partial charge in [0.25, 0.3) is 0 Å². The van der Waals surface area contributed by atoms with Gasteiger partial charge in [-0.1, -0.05) is 36.4 Å². The number of fused-ring (bicyclic) bond motifs is 3. The summed E-state index contributed by atoms with van der Waals surface area (Å²) in [6.45, 7) is 0. The number of anilines is 1. The van der Waals surface area contributed by atoms with Crippen LogP contribution in [-0.4, -0.2) is 32.5 Å². The van der Waals surface area contributed by atoms with E-state index in [2.05, 4.69) is 16.1 Å². The minimum Gasteiger partial charge on any atom is -0.304 e. The number of nitrogens with zero attached hydrogens (tertiary/aromatic N) is 1. The van der Waals surface area contributed by atoms with Crippen molar-refractivity contribution in [3.63, 3.8) is 0 Å². The predicted molar refractivity (Wildman–Crippen MR) is 125 cm³/mol. The highest BCUT2D eigenvalue weighted by Crippen LogP contribution is 2.34. The first-order valence-corrected chi connectivity index (χ1v) is 13.1. The number of carbonyl (C=O) groups excluding carboxylic acids is 1. The summed E-state index contributed by atoms with van der Waals surface area (Å²) in [4.78, 5) is 12.8. The van der Waals surface area contributed by atoms with Crippen LogP contribution in [0.4, 0.5) is 5.69 Å². The van der Waals surface area contributed by atoms with E-state index in [1.54, 1.807) is 12.1 Å². The van der Waals surface area contributed by atoms with Crippen molar-refractivity contribution in [2.24, 2.45) is 11.8 Å². The Morgan fingerprint density at radius 1 is 1.06 bits per heavy atom. The monoisotopic (exact) mass is 451 g/mol. The van der Waals surface area contributed by atoms with Gasteiger partial charge in [-0.3, -0.25) is 9.52 Å². The summed E-state index contributed by atoms with van der Waals surface area (Å²) in [7, 11) is -3.30. The summed E-state index contributed by atoms with van der Waals surface area (Å²) in [6, 6.07) is 17.9. The molecule has 168 valence electrons. The Morgan fingerprint density at radius 3 is 2.16 bits per heavy atom. The fourth-order valence-electron chi connectivity index (χ4n) is 4.96. The molecule has 0 radical (unpaired) electrons. The number of nitriles is 1. The molecule has 2 saturated heterocycles. The molecule has 3 fully saturated rings. The maximum absolute atomic E-state index is 12.8. The third-order valence-electron chi connectivity index (χ3n) is 6.59. The summed E-state index contributed by atoms with van der Waals surface area (Å²) in [5.74, 6) is 0.299. The van der Waals surface area contributed by atoms with Gasteiger partial charge in [0, 0.05) is 18.2 Å². The largest absolute Gasteiger partial charge is 0.304 e. The number of carbonyl (C=O) groups is 1. The Balaban J connectivity index is 1.36. The Bertz CT molecular complexity index is 1100. The van der Waals surface area contributed by atoms with Crippen molar-refractivity contribution in [3.05, 3.63) is 54.1 Å². The van der Waals surface area contributed by atoms with Gasteiger partial charge in [-0.2, -0.15) is 5.26 Å². The van der Waals surface area contributed by atoms with Crippen molar-refractivity contribution in [3.8, 4) is 17.2 Å². The second kappa shape index (κ2) is 9.43. The molecule has 2 aromatic rings. The summed E-state index contributed by atoms with van der Waals surface area (Å²) >= 11 is 0. The van der Waals surface area contributed by atoms with Crippen LogP contribution in [0.25, 0.3) is 11.1 Å². The minimum atomic E-state index is -3.30. The fraction of sp³-hybridized carbons (Fsp3) is 0.440. The lowest BCUT2D eigenvalue weighted by atomic mass is 9.74. The van der Waals surface area contributed by atoms with Gasteiger partial charge in [-0.25, -0.2) is 8.42 Å². The van der Waals surface area contributed by atoms with Gasteiger partial charge in [0.1, 0.15) is 0 Å². The normalized spacial score (nSPS) is 23.3. The zero-order valence-electron chi connectivity index (χ0n) is 18.3. The summed E-state index contributed by atoms with van der Waals surface area (Å²) in [6.07, 6.45) is 6.56. The molecule has 0 aromatic heterocycles. The Hall–Kier alpha value is -2.69. The Labute approximate surface area is 190 Å². The lowest BCUT2D eigenvalue weighted by Crippen LogP contribution is -2.56. The molecule has 32 heavy (non-hydrogen) atoms. The number of piperidine rings is 2. The molecular weight excluding hydrogens is 422 g/mol. The van der Waals surface area contributed by atoms with E-state index in [0.717, 1.165) is 35.8 Å². The van der Waals surface area contributed by atoms with E-state index in [1.807, 2.05) is 36.4 Å². The predicted octanol–water partition coefficient (Wildman–Crippen LogP) is 3.90. The molecule has 5 rings (SSSR count). The third-order valence-corrected chi connectivity index (χ3v) is 7.20. The molecule has 2 N–H and O–H groups in total. The van der Waals surface area contributed by atoms with Gasteiger partial charge in [-0.05, 0) is 66.8 Å². The van der Waals surface area contributed by atoms with E-state index in [0.29, 0.717) is 30.5 Å². The quantitative estimate of drug-likeness (QED) is 0.634. The molecular formula is C25H29N3O3S. The molecule has 6 nitrogen and oxygen atoms in total. The van der Waals surface area contributed by atoms with E-state index in [4.69, 9.17) is 0 Å². The van der Waals surface area contributed by atoms with E-state index in [1.165, 1.54) is 12.8 Å². The van der Waals surface area contributed by atoms with Crippen LogP contribution in [0, 0.1) is 23.2 Å². The van der Waals surface area contributed by atoms with Gasteiger partial charge in [0.15, 0.2) is 5.78 Å². The Morgan fingerprint density at radius 2 is 1.66 bits per heavy atom. The first-order valence-electron chi connectivity index (χ1n) is 11.2. The second-order valence-electron chi connectivity index (χ2n) is 9.11. The molecule has 2 bridgehead atoms. The molecule has 0 amide bonds. The molecule has 2 aromatic carbocycles. The number of ketones is 1. The van der Waals surface area contributed by atoms with Gasteiger partial charge < -0.3 is 5.32 Å². The molecule has 3 aliphatic rings. The van der Waals surface area contributed by atoms with Gasteiger partial charge in [0.2, 0.25) is 10.0 Å². The number of hydrogen-bond donors (Lipinski definition) is 2. The van der Waals surface area contributed by atoms with E-state index in [9.17, 15) is 18.5 Å². The standard InChI is InChI=1S/C25H29N3O3S/c1-32(30,31)28-23-12-6-20(7-13-23)19-4-2-17(3-5-19)14-18(16-26)15-24(29)25-21-8-10-22(27-25)11-9-21/h2-7,12-13,18,21-22,25,27-28H,8-11,14-15H2,1H3/t18-,21?,22?,25+/m1/s1. The van der Waals surface area contributed by atoms with Crippen molar-refractivity contribution in [1.29, 1.82) is 5.26 Å². The summed E-state index contributed by atoms with van der Waals surface area (Å²) in [5, 5.41) is 13.1. The molecule has 1 aliphatic carbocycles. The smallest absolute Gasteiger partial charge is 0.229 e. The van der Waals surface area contributed by atoms with Crippen LogP contribution < -0.4 is 10.0 Å². The zero-order valence-corrected chi connectivity index (χ0v) is 19.1. The van der Waals surface area contributed by atoms with Gasteiger partial charge in [-0.15, -0.1) is 0 Å². The van der Waals surface area contributed by atoms with Crippen molar-refractivity contribution in [2.45, 2.75) is 50.6 Å². The number of nitrogens with one attached hydrogen (secondary N) is 2. The molecule has 2 atom stereocenters. The SMILES string of the molecule is CS(=O)(=O)Nc1ccc(-c2ccc(C[C@@H](C#N)CC(=O)[C@H]3NC4CCC3CC4)cc2)cc1. The van der Waals surface area contributed by atoms with Crippen LogP contribution in [0.5, 0.6) is 0 Å². The molecule has 2 heterocycles. The number of benzene rings is 2. The van der Waals surface area contributed by atoms with Gasteiger partial charge >= 0.3 is 0 Å². The highest BCUT2D eigenvalue weighted by molar-refractivity contribution is 7.92. The van der Waals surface area contributed by atoms with Crippen molar-refractivity contribution >= 4 is 21.5 Å². The van der Waals surface area contributed by atoms with Gasteiger partial charge in [0.05, 0.1) is 24.3 Å². The number of Topliss-reactive ketones (excluding diaryl/α,β-unsaturated/α-hetero) is 1. The van der Waals surface area contributed by atoms with Crippen LogP contribution in [-0.2, 0) is 21.2 Å². The highest BCUT2D eigenvalue weighted by Gasteiger charge is 2.39. The highest BCUT2D eigenvalue weighted by atomic mass is 32.2. The molecule has 7 heteroatoms. The number of sulfonamides is 1. The van der Waals surface area contributed by atoms with Crippen LogP contribution in [0.3, 0.4) is 0 Å². The summed E-state index contributed by atoms with van der Waals surface area (Å²) < 4.78 is 25.1. The third kappa shape index (κ3) is 5.56. The lowest BCUT2D eigenvalue weighted by Gasteiger charge is -2.43. The molecule has 0 unspecified atom stereocenters. The first-order chi connectivity index (χ1) is 15.3. The van der Waals surface area contributed by atoms with Crippen molar-refractivity contribution < 1.29 is 13.2 Å². The average Bonchev–Trinajstić information content (AvgIpc) is 2.79. The van der Waals surface area contributed by atoms with Crippen molar-refractivity contribution in [1.82, 2.24) is 5.32 Å². The van der Waals surface area contributed by atoms with E-state index in [-0.39, 0.29) is 17.7 Å². The van der Waals surface area contributed by atoms with Crippen LogP contribution in [0.15, 0.2) is 48.5 Å². The summed E-state index contributed by atoms with van der Waals surface area (Å²) in [5.41, 5.74) is 3.53. The maximum atomic E-state index is 12.8. The number of hydrogen-bond acceptors (Lipinski definition) is 5. The first kappa shape index (κ1) is 22.5. The van der Waals surface area contributed by atoms with Crippen LogP contribution in [0.2, 0.25) is 0 Å². The fourth-order valence-corrected chi connectivity index (χ4v) is 5.53. The molecule has 0 spiro atoms. The zero-order chi connectivity index (χ0) is 22.7. The van der Waals surface area contributed by atoms with Crippen LogP contribution >= 0.6 is 0 Å². The minimum absolute atomic E-state index is 0.0686.